The average molecular weight is 422 g/mol. The van der Waals surface area contributed by atoms with Gasteiger partial charge in [0.2, 0.25) is 15.9 Å². The van der Waals surface area contributed by atoms with Gasteiger partial charge >= 0.3 is 0 Å². The molecule has 1 amide bonds. The summed E-state index contributed by atoms with van der Waals surface area (Å²) >= 11 is 0. The van der Waals surface area contributed by atoms with E-state index in [-0.39, 0.29) is 18.0 Å². The van der Waals surface area contributed by atoms with Crippen LogP contribution in [0.15, 0.2) is 23.1 Å². The molecule has 0 unspecified atom stereocenters. The number of hydrogen-bond donors (Lipinski definition) is 1. The normalized spacial score (nSPS) is 25.5. The van der Waals surface area contributed by atoms with E-state index in [1.807, 2.05) is 32.9 Å². The van der Waals surface area contributed by atoms with Crippen LogP contribution < -0.4 is 5.32 Å². The number of sulfonamides is 1. The molecular formula is C22H35N3O3S. The number of rotatable bonds is 5. The van der Waals surface area contributed by atoms with Crippen molar-refractivity contribution in [2.24, 2.45) is 5.92 Å². The Kier molecular flexibility index (Phi) is 7.02. The van der Waals surface area contributed by atoms with Crippen molar-refractivity contribution in [1.29, 1.82) is 0 Å². The van der Waals surface area contributed by atoms with Crippen LogP contribution in [0.3, 0.4) is 0 Å². The Labute approximate surface area is 175 Å². The molecular weight excluding hydrogens is 386 g/mol. The first kappa shape index (κ1) is 22.2. The molecule has 1 aliphatic heterocycles. The van der Waals surface area contributed by atoms with Gasteiger partial charge in [0, 0.05) is 32.2 Å². The maximum absolute atomic E-state index is 13.1. The first-order valence-corrected chi connectivity index (χ1v) is 12.3. The molecule has 6 nitrogen and oxygen atoms in total. The van der Waals surface area contributed by atoms with Crippen LogP contribution in [0, 0.1) is 19.8 Å². The number of carbonyl (C=O) groups excluding carboxylic acids is 1. The molecule has 0 radical (unpaired) electrons. The lowest BCUT2D eigenvalue weighted by molar-refractivity contribution is -0.127. The van der Waals surface area contributed by atoms with Gasteiger partial charge in [-0.1, -0.05) is 31.9 Å². The van der Waals surface area contributed by atoms with Crippen LogP contribution in [0.2, 0.25) is 0 Å². The second kappa shape index (κ2) is 9.14. The zero-order valence-corrected chi connectivity index (χ0v) is 19.0. The molecule has 7 heteroatoms. The van der Waals surface area contributed by atoms with Crippen LogP contribution in [0.25, 0.3) is 0 Å². The summed E-state index contributed by atoms with van der Waals surface area (Å²) in [4.78, 5) is 15.2. The van der Waals surface area contributed by atoms with Gasteiger partial charge in [0.15, 0.2) is 0 Å². The molecule has 3 atom stereocenters. The second-order valence-electron chi connectivity index (χ2n) is 8.76. The first-order chi connectivity index (χ1) is 13.7. The number of carbonyl (C=O) groups is 1. The Bertz CT molecular complexity index is 832. The van der Waals surface area contributed by atoms with Gasteiger partial charge in [0.05, 0.1) is 10.9 Å². The van der Waals surface area contributed by atoms with Gasteiger partial charge < -0.3 is 5.32 Å². The molecule has 3 rings (SSSR count). The number of nitrogens with one attached hydrogen (secondary N) is 1. The molecule has 2 aliphatic rings. The molecule has 2 fully saturated rings. The maximum Gasteiger partial charge on any atom is 0.243 e. The Morgan fingerprint density at radius 2 is 1.76 bits per heavy atom. The Hall–Kier alpha value is -1.44. The minimum Gasteiger partial charge on any atom is -0.352 e. The fourth-order valence-electron chi connectivity index (χ4n) is 4.46. The molecule has 0 aromatic heterocycles. The van der Waals surface area contributed by atoms with Crippen LogP contribution >= 0.6 is 0 Å². The van der Waals surface area contributed by atoms with Gasteiger partial charge in [0.25, 0.3) is 0 Å². The molecule has 1 aromatic rings. The van der Waals surface area contributed by atoms with Gasteiger partial charge in [0.1, 0.15) is 0 Å². The molecule has 1 N–H and O–H groups in total. The lowest BCUT2D eigenvalue weighted by Gasteiger charge is -2.38. The van der Waals surface area contributed by atoms with E-state index in [2.05, 4.69) is 17.1 Å². The first-order valence-electron chi connectivity index (χ1n) is 10.8. The van der Waals surface area contributed by atoms with Crippen molar-refractivity contribution >= 4 is 15.9 Å². The van der Waals surface area contributed by atoms with E-state index in [1.165, 1.54) is 19.3 Å². The van der Waals surface area contributed by atoms with E-state index in [1.54, 1.807) is 10.4 Å². The van der Waals surface area contributed by atoms with Crippen molar-refractivity contribution in [3.63, 3.8) is 0 Å². The lowest BCUT2D eigenvalue weighted by atomic mass is 9.86. The fraction of sp³-hybridized carbons (Fsp3) is 0.682. The summed E-state index contributed by atoms with van der Waals surface area (Å²) in [6, 6.07) is 5.56. The predicted molar refractivity (Wildman–Crippen MR) is 115 cm³/mol. The maximum atomic E-state index is 13.1. The van der Waals surface area contributed by atoms with Crippen molar-refractivity contribution < 1.29 is 13.2 Å². The molecule has 1 heterocycles. The molecule has 1 aromatic carbocycles. The number of hydrogen-bond acceptors (Lipinski definition) is 4. The van der Waals surface area contributed by atoms with E-state index in [0.717, 1.165) is 17.5 Å². The summed E-state index contributed by atoms with van der Waals surface area (Å²) in [5.41, 5.74) is 1.71. The third kappa shape index (κ3) is 5.01. The smallest absolute Gasteiger partial charge is 0.243 e. The number of piperazine rings is 1. The third-order valence-electron chi connectivity index (χ3n) is 6.60. The van der Waals surface area contributed by atoms with Crippen molar-refractivity contribution in [2.75, 3.05) is 26.2 Å². The summed E-state index contributed by atoms with van der Waals surface area (Å²) < 4.78 is 27.7. The van der Waals surface area contributed by atoms with Crippen molar-refractivity contribution in [3.8, 4) is 0 Å². The van der Waals surface area contributed by atoms with Crippen molar-refractivity contribution in [3.05, 3.63) is 29.3 Å². The van der Waals surface area contributed by atoms with Gasteiger partial charge in [-0.05, 0) is 56.7 Å². The largest absolute Gasteiger partial charge is 0.352 e. The van der Waals surface area contributed by atoms with Crippen LogP contribution in [0.5, 0.6) is 0 Å². The molecule has 29 heavy (non-hydrogen) atoms. The number of benzene rings is 1. The molecule has 1 saturated heterocycles. The van der Waals surface area contributed by atoms with E-state index in [9.17, 15) is 13.2 Å². The summed E-state index contributed by atoms with van der Waals surface area (Å²) in [7, 11) is -3.51. The van der Waals surface area contributed by atoms with Crippen molar-refractivity contribution in [2.45, 2.75) is 70.4 Å². The van der Waals surface area contributed by atoms with E-state index < -0.39 is 10.0 Å². The highest BCUT2D eigenvalue weighted by atomic mass is 32.2. The molecule has 1 aliphatic carbocycles. The standard InChI is InChI=1S/C22H35N3O3S/c1-16-9-10-18(3)21(15-16)29(27,28)25-13-11-24(12-14-25)19(4)22(26)23-20-8-6-5-7-17(20)2/h9-10,15,17,19-20H,5-8,11-14H2,1-4H3,(H,23,26)/t17-,19-,20+/m0/s1. The topological polar surface area (TPSA) is 69.7 Å². The van der Waals surface area contributed by atoms with Crippen LogP contribution in [0.4, 0.5) is 0 Å². The second-order valence-corrected chi connectivity index (χ2v) is 10.7. The Balaban J connectivity index is 1.59. The highest BCUT2D eigenvalue weighted by Gasteiger charge is 2.33. The SMILES string of the molecule is Cc1ccc(C)c(S(=O)(=O)N2CCN([C@@H](C)C(=O)N[C@@H]3CCCC[C@@H]3C)CC2)c1. The highest BCUT2D eigenvalue weighted by Crippen LogP contribution is 2.25. The number of amides is 1. The zero-order valence-electron chi connectivity index (χ0n) is 18.1. The number of aryl methyl sites for hydroxylation is 2. The van der Waals surface area contributed by atoms with E-state index >= 15 is 0 Å². The quantitative estimate of drug-likeness (QED) is 0.794. The summed E-state index contributed by atoms with van der Waals surface area (Å²) in [5.74, 6) is 0.592. The summed E-state index contributed by atoms with van der Waals surface area (Å²) in [5, 5.41) is 3.23. The molecule has 162 valence electrons. The predicted octanol–water partition coefficient (Wildman–Crippen LogP) is 2.69. The van der Waals surface area contributed by atoms with Gasteiger partial charge in [-0.2, -0.15) is 4.31 Å². The molecule has 1 saturated carbocycles. The Morgan fingerprint density at radius 3 is 2.41 bits per heavy atom. The summed E-state index contributed by atoms with van der Waals surface area (Å²) in [6.45, 7) is 9.84. The fourth-order valence-corrected chi connectivity index (χ4v) is 6.19. The van der Waals surface area contributed by atoms with Crippen molar-refractivity contribution in [1.82, 2.24) is 14.5 Å². The average Bonchev–Trinajstić information content (AvgIpc) is 2.71. The minimum absolute atomic E-state index is 0.0644. The van der Waals surface area contributed by atoms with Crippen LogP contribution in [-0.4, -0.2) is 61.8 Å². The van der Waals surface area contributed by atoms with E-state index in [0.29, 0.717) is 37.0 Å². The number of nitrogens with zero attached hydrogens (tertiary/aromatic N) is 2. The zero-order chi connectivity index (χ0) is 21.2. The van der Waals surface area contributed by atoms with Crippen LogP contribution in [0.1, 0.15) is 50.7 Å². The van der Waals surface area contributed by atoms with Gasteiger partial charge in [-0.3, -0.25) is 9.69 Å². The molecule has 0 spiro atoms. The highest BCUT2D eigenvalue weighted by molar-refractivity contribution is 7.89. The van der Waals surface area contributed by atoms with E-state index in [4.69, 9.17) is 0 Å². The third-order valence-corrected chi connectivity index (χ3v) is 8.64. The monoisotopic (exact) mass is 421 g/mol. The van der Waals surface area contributed by atoms with Gasteiger partial charge in [-0.15, -0.1) is 0 Å². The minimum atomic E-state index is -3.51. The summed E-state index contributed by atoms with van der Waals surface area (Å²) in [6.07, 6.45) is 4.66. The van der Waals surface area contributed by atoms with Crippen LogP contribution in [-0.2, 0) is 14.8 Å². The molecule has 0 bridgehead atoms. The lowest BCUT2D eigenvalue weighted by Crippen LogP contribution is -2.56. The van der Waals surface area contributed by atoms with Gasteiger partial charge in [-0.25, -0.2) is 8.42 Å². The Morgan fingerprint density at radius 1 is 1.10 bits per heavy atom.